The first-order valence-electron chi connectivity index (χ1n) is 7.56. The molecule has 0 bridgehead atoms. The predicted octanol–water partition coefficient (Wildman–Crippen LogP) is 3.32. The van der Waals surface area contributed by atoms with Gasteiger partial charge in [-0.2, -0.15) is 0 Å². The Hall–Kier alpha value is -1.72. The first-order valence-corrected chi connectivity index (χ1v) is 8.36. The molecule has 5 heteroatoms. The van der Waals surface area contributed by atoms with Crippen molar-refractivity contribution in [3.8, 4) is 0 Å². The molecule has 2 aromatic heterocycles. The monoisotopic (exact) mass is 356 g/mol. The number of fused-ring (bicyclic) bond motifs is 3. The number of nitrogens with one attached hydrogen (secondary N) is 1. The van der Waals surface area contributed by atoms with E-state index in [0.29, 0.717) is 0 Å². The van der Waals surface area contributed by atoms with E-state index in [1.807, 2.05) is 6.20 Å². The van der Waals surface area contributed by atoms with Gasteiger partial charge in [-0.15, -0.1) is 0 Å². The summed E-state index contributed by atoms with van der Waals surface area (Å²) in [6, 6.07) is 6.41. The topological polar surface area (TPSA) is 44.8 Å². The van der Waals surface area contributed by atoms with Gasteiger partial charge in [0.05, 0.1) is 11.2 Å². The maximum absolute atomic E-state index is 4.36. The number of benzene rings is 1. The first kappa shape index (κ1) is 13.9. The minimum Gasteiger partial charge on any atom is -0.357 e. The Morgan fingerprint density at radius 2 is 2.23 bits per heavy atom. The van der Waals surface area contributed by atoms with Crippen LogP contribution in [0, 0.1) is 0 Å². The zero-order chi connectivity index (χ0) is 14.9. The van der Waals surface area contributed by atoms with Gasteiger partial charge in [-0.3, -0.25) is 14.9 Å². The van der Waals surface area contributed by atoms with Crippen molar-refractivity contribution in [2.45, 2.75) is 19.4 Å². The molecule has 1 aliphatic heterocycles. The summed E-state index contributed by atoms with van der Waals surface area (Å²) in [5.74, 6) is 0. The van der Waals surface area contributed by atoms with Gasteiger partial charge in [0.25, 0.3) is 0 Å². The summed E-state index contributed by atoms with van der Waals surface area (Å²) in [6.45, 7) is 3.13. The lowest BCUT2D eigenvalue weighted by molar-refractivity contribution is 0.256. The fourth-order valence-corrected chi connectivity index (χ4v) is 3.65. The van der Waals surface area contributed by atoms with Crippen molar-refractivity contribution >= 4 is 26.8 Å². The van der Waals surface area contributed by atoms with Gasteiger partial charge in [0.1, 0.15) is 0 Å². The molecule has 3 aromatic rings. The number of hydrogen-bond acceptors (Lipinski definition) is 3. The Balaban J connectivity index is 1.54. The second-order valence-corrected chi connectivity index (χ2v) is 6.57. The van der Waals surface area contributed by atoms with Crippen LogP contribution in [0.4, 0.5) is 0 Å². The van der Waals surface area contributed by atoms with Gasteiger partial charge in [0.15, 0.2) is 0 Å². The van der Waals surface area contributed by atoms with E-state index >= 15 is 0 Å². The minimum atomic E-state index is 0.954. The van der Waals surface area contributed by atoms with E-state index in [1.54, 1.807) is 12.4 Å². The minimum absolute atomic E-state index is 0.954. The second-order valence-electron chi connectivity index (χ2n) is 5.72. The van der Waals surface area contributed by atoms with Crippen molar-refractivity contribution in [2.75, 3.05) is 13.1 Å². The smallest absolute Gasteiger partial charge is 0.0603 e. The lowest BCUT2D eigenvalue weighted by atomic mass is 10.0. The molecule has 1 N–H and O–H groups in total. The van der Waals surface area contributed by atoms with E-state index in [2.05, 4.69) is 54.0 Å². The van der Waals surface area contributed by atoms with Crippen LogP contribution >= 0.6 is 15.9 Å². The molecule has 0 aliphatic carbocycles. The van der Waals surface area contributed by atoms with Crippen molar-refractivity contribution in [1.29, 1.82) is 0 Å². The average Bonchev–Trinajstić information content (AvgIpc) is 2.94. The molecular weight excluding hydrogens is 340 g/mol. The molecule has 1 aromatic carbocycles. The van der Waals surface area contributed by atoms with E-state index in [-0.39, 0.29) is 0 Å². The number of aromatic nitrogens is 3. The highest BCUT2D eigenvalue weighted by Gasteiger charge is 2.21. The molecule has 0 fully saturated rings. The van der Waals surface area contributed by atoms with Crippen LogP contribution in [0.15, 0.2) is 41.3 Å². The molecule has 0 atom stereocenters. The van der Waals surface area contributed by atoms with Gasteiger partial charge >= 0.3 is 0 Å². The Kier molecular flexibility index (Phi) is 3.68. The number of para-hydroxylation sites is 1. The molecule has 4 nitrogen and oxygen atoms in total. The zero-order valence-corrected chi connectivity index (χ0v) is 13.8. The molecule has 0 saturated heterocycles. The molecule has 0 spiro atoms. The van der Waals surface area contributed by atoms with Crippen LogP contribution in [0.25, 0.3) is 10.9 Å². The van der Waals surface area contributed by atoms with Crippen LogP contribution in [0.2, 0.25) is 0 Å². The number of hydrogen-bond donors (Lipinski definition) is 1. The van der Waals surface area contributed by atoms with Gasteiger partial charge in [0, 0.05) is 66.6 Å². The van der Waals surface area contributed by atoms with Gasteiger partial charge < -0.3 is 4.98 Å². The quantitative estimate of drug-likeness (QED) is 0.782. The van der Waals surface area contributed by atoms with Crippen LogP contribution in [0.3, 0.4) is 0 Å². The molecule has 112 valence electrons. The van der Waals surface area contributed by atoms with E-state index in [1.165, 1.54) is 22.2 Å². The molecular formula is C17H17BrN4. The van der Waals surface area contributed by atoms with Gasteiger partial charge in [-0.1, -0.05) is 12.1 Å². The maximum Gasteiger partial charge on any atom is 0.0603 e. The van der Waals surface area contributed by atoms with E-state index < -0.39 is 0 Å². The highest BCUT2D eigenvalue weighted by Crippen LogP contribution is 2.31. The Bertz CT molecular complexity index is 797. The van der Waals surface area contributed by atoms with Crippen LogP contribution in [0.1, 0.15) is 17.0 Å². The van der Waals surface area contributed by atoms with Gasteiger partial charge in [-0.05, 0) is 27.6 Å². The molecule has 22 heavy (non-hydrogen) atoms. The predicted molar refractivity (Wildman–Crippen MR) is 90.7 cm³/mol. The van der Waals surface area contributed by atoms with Crippen molar-refractivity contribution in [3.63, 3.8) is 0 Å². The third-order valence-electron chi connectivity index (χ3n) is 4.34. The fraction of sp³-hybridized carbons (Fsp3) is 0.294. The van der Waals surface area contributed by atoms with Crippen molar-refractivity contribution in [2.24, 2.45) is 0 Å². The lowest BCUT2D eigenvalue weighted by Crippen LogP contribution is -2.32. The third-order valence-corrected chi connectivity index (χ3v) is 5.00. The summed E-state index contributed by atoms with van der Waals surface area (Å²) < 4.78 is 1.14. The number of H-pyrrole nitrogens is 1. The second kappa shape index (κ2) is 5.82. The van der Waals surface area contributed by atoms with Crippen molar-refractivity contribution in [1.82, 2.24) is 19.9 Å². The Morgan fingerprint density at radius 1 is 1.27 bits per heavy atom. The largest absolute Gasteiger partial charge is 0.357 e. The molecule has 0 unspecified atom stereocenters. The summed E-state index contributed by atoms with van der Waals surface area (Å²) in [6.07, 6.45) is 7.38. The van der Waals surface area contributed by atoms with Crippen LogP contribution < -0.4 is 0 Å². The standard InChI is InChI=1S/C17H17BrN4/c18-15-3-1-2-13-14-11-22(9-5-16(14)21-17(13)15)8-4-12-10-19-6-7-20-12/h1-3,6-7,10,21H,4-5,8-9,11H2. The normalized spacial score (nSPS) is 15.1. The van der Waals surface area contributed by atoms with Gasteiger partial charge in [0.2, 0.25) is 0 Å². The molecule has 1 aliphatic rings. The van der Waals surface area contributed by atoms with E-state index in [9.17, 15) is 0 Å². The fourth-order valence-electron chi connectivity index (χ4n) is 3.18. The van der Waals surface area contributed by atoms with Crippen molar-refractivity contribution in [3.05, 3.63) is 58.2 Å². The molecule has 0 radical (unpaired) electrons. The van der Waals surface area contributed by atoms with E-state index in [4.69, 9.17) is 0 Å². The van der Waals surface area contributed by atoms with Gasteiger partial charge in [-0.25, -0.2) is 0 Å². The Morgan fingerprint density at radius 3 is 3.09 bits per heavy atom. The average molecular weight is 357 g/mol. The first-order chi connectivity index (χ1) is 10.8. The maximum atomic E-state index is 4.36. The Labute approximate surface area is 137 Å². The summed E-state index contributed by atoms with van der Waals surface area (Å²) in [5, 5.41) is 1.34. The van der Waals surface area contributed by atoms with Crippen LogP contribution in [-0.4, -0.2) is 32.9 Å². The highest BCUT2D eigenvalue weighted by atomic mass is 79.9. The third kappa shape index (κ3) is 2.55. The zero-order valence-electron chi connectivity index (χ0n) is 12.2. The summed E-state index contributed by atoms with van der Waals surface area (Å²) in [4.78, 5) is 14.6. The highest BCUT2D eigenvalue weighted by molar-refractivity contribution is 9.10. The molecule has 4 rings (SSSR count). The molecule has 3 heterocycles. The summed E-state index contributed by atoms with van der Waals surface area (Å²) >= 11 is 3.64. The van der Waals surface area contributed by atoms with Crippen molar-refractivity contribution < 1.29 is 0 Å². The number of aromatic amines is 1. The lowest BCUT2D eigenvalue weighted by Gasteiger charge is -2.26. The van der Waals surface area contributed by atoms with Crippen LogP contribution in [-0.2, 0) is 19.4 Å². The SMILES string of the molecule is Brc1cccc2c3c([nH]c12)CCN(CCc1cnccn1)C3. The molecule has 0 amide bonds. The van der Waals surface area contributed by atoms with Crippen LogP contribution in [0.5, 0.6) is 0 Å². The molecule has 0 saturated carbocycles. The summed E-state index contributed by atoms with van der Waals surface area (Å²) in [5.41, 5.74) is 5.12. The number of rotatable bonds is 3. The summed E-state index contributed by atoms with van der Waals surface area (Å²) in [7, 11) is 0. The number of nitrogens with zero attached hydrogens (tertiary/aromatic N) is 3. The number of halogens is 1. The van der Waals surface area contributed by atoms with E-state index in [0.717, 1.165) is 42.6 Å².